The zero-order chi connectivity index (χ0) is 18.8. The predicted molar refractivity (Wildman–Crippen MR) is 102 cm³/mol. The van der Waals surface area contributed by atoms with Gasteiger partial charge in [0.1, 0.15) is 11.5 Å². The highest BCUT2D eigenvalue weighted by Crippen LogP contribution is 2.18. The van der Waals surface area contributed by atoms with Gasteiger partial charge in [0, 0.05) is 31.4 Å². The van der Waals surface area contributed by atoms with Crippen LogP contribution in [0, 0.1) is 0 Å². The minimum Gasteiger partial charge on any atom is -0.506 e. The summed E-state index contributed by atoms with van der Waals surface area (Å²) >= 11 is 0. The highest BCUT2D eigenvalue weighted by molar-refractivity contribution is 6.19. The lowest BCUT2D eigenvalue weighted by molar-refractivity contribution is -0.110. The Morgan fingerprint density at radius 1 is 1.00 bits per heavy atom. The smallest absolute Gasteiger partial charge is 0.182 e. The molecule has 1 aliphatic rings. The normalized spacial score (nSPS) is 15.6. The second-order valence-corrected chi connectivity index (χ2v) is 5.88. The molecule has 1 aromatic carbocycles. The molecule has 2 rings (SSSR count). The number of hydrogen-bond donors (Lipinski definition) is 4. The van der Waals surface area contributed by atoms with E-state index in [2.05, 4.69) is 10.3 Å². The average Bonchev–Trinajstić information content (AvgIpc) is 2.62. The van der Waals surface area contributed by atoms with Gasteiger partial charge in [-0.2, -0.15) is 0 Å². The predicted octanol–water partition coefficient (Wildman–Crippen LogP) is 1.43. The monoisotopic (exact) mass is 359 g/mol. The lowest BCUT2D eigenvalue weighted by atomic mass is 10.1. The van der Waals surface area contributed by atoms with Crippen molar-refractivity contribution < 1.29 is 20.1 Å². The zero-order valence-electron chi connectivity index (χ0n) is 14.6. The molecule has 0 amide bonds. The summed E-state index contributed by atoms with van der Waals surface area (Å²) in [5.74, 6) is -0.382. The summed E-state index contributed by atoms with van der Waals surface area (Å²) in [6, 6.07) is 7.46. The van der Waals surface area contributed by atoms with Crippen LogP contribution >= 0.6 is 0 Å². The largest absolute Gasteiger partial charge is 0.506 e. The summed E-state index contributed by atoms with van der Waals surface area (Å²) < 4.78 is 0. The van der Waals surface area contributed by atoms with Crippen molar-refractivity contribution in [3.05, 3.63) is 48.3 Å². The molecule has 26 heavy (non-hydrogen) atoms. The van der Waals surface area contributed by atoms with Gasteiger partial charge in [0.15, 0.2) is 5.78 Å². The van der Waals surface area contributed by atoms with Crippen LogP contribution in [-0.4, -0.2) is 71.1 Å². The van der Waals surface area contributed by atoms with Crippen molar-refractivity contribution in [3.63, 3.8) is 0 Å². The van der Waals surface area contributed by atoms with E-state index in [9.17, 15) is 9.90 Å². The summed E-state index contributed by atoms with van der Waals surface area (Å²) in [6.07, 6.45) is 4.90. The molecule has 0 radical (unpaired) electrons. The summed E-state index contributed by atoms with van der Waals surface area (Å²) in [6.45, 7) is 2.89. The summed E-state index contributed by atoms with van der Waals surface area (Å²) in [5.41, 5.74) is 2.00. The topological polar surface area (TPSA) is 105 Å². The van der Waals surface area contributed by atoms with Crippen molar-refractivity contribution >= 4 is 22.9 Å². The molecule has 7 heteroatoms. The first kappa shape index (κ1) is 19.8. The number of nitrogens with one attached hydrogen (secondary N) is 1. The van der Waals surface area contributed by atoms with Gasteiger partial charge in [0.25, 0.3) is 0 Å². The van der Waals surface area contributed by atoms with Gasteiger partial charge in [-0.3, -0.25) is 9.69 Å². The first-order valence-corrected chi connectivity index (χ1v) is 8.62. The quantitative estimate of drug-likeness (QED) is 0.372. The Hall–Kier alpha value is -2.48. The molecule has 0 heterocycles. The third kappa shape index (κ3) is 6.44. The van der Waals surface area contributed by atoms with Gasteiger partial charge in [-0.15, -0.1) is 0 Å². The number of ketones is 1. The van der Waals surface area contributed by atoms with Crippen LogP contribution in [0.2, 0.25) is 0 Å². The Kier molecular flexibility index (Phi) is 8.01. The maximum absolute atomic E-state index is 11.1. The van der Waals surface area contributed by atoms with E-state index < -0.39 is 0 Å². The van der Waals surface area contributed by atoms with E-state index in [1.165, 1.54) is 12.2 Å². The number of aliphatic hydroxyl groups is 3. The number of carbonyl (C=O) groups is 1. The van der Waals surface area contributed by atoms with Crippen molar-refractivity contribution in [2.75, 3.05) is 44.7 Å². The molecule has 0 spiro atoms. The molecule has 0 unspecified atom stereocenters. The molecule has 0 fully saturated rings. The van der Waals surface area contributed by atoms with Crippen LogP contribution in [-0.2, 0) is 4.79 Å². The zero-order valence-corrected chi connectivity index (χ0v) is 14.6. The Balaban J connectivity index is 1.82. The Bertz CT molecular complexity index is 675. The summed E-state index contributed by atoms with van der Waals surface area (Å²) in [5, 5.41) is 31.0. The van der Waals surface area contributed by atoms with E-state index in [0.29, 0.717) is 24.5 Å². The lowest BCUT2D eigenvalue weighted by Crippen LogP contribution is -2.31. The number of aliphatic imine (C=N–C) groups is 1. The highest BCUT2D eigenvalue weighted by atomic mass is 16.3. The molecule has 0 aliphatic heterocycles. The van der Waals surface area contributed by atoms with Gasteiger partial charge < -0.3 is 20.6 Å². The third-order valence-electron chi connectivity index (χ3n) is 3.88. The molecular weight excluding hydrogens is 334 g/mol. The average molecular weight is 359 g/mol. The van der Waals surface area contributed by atoms with Crippen LogP contribution in [0.1, 0.15) is 6.42 Å². The number of rotatable bonds is 10. The van der Waals surface area contributed by atoms with Gasteiger partial charge in [-0.25, -0.2) is 4.99 Å². The standard InChI is InChI=1S/C19H25N3O4/c23-12-10-22(11-13-24)9-1-8-20-15-2-4-16(5-3-15)21-18-7-6-17(25)14-19(18)26/h2-7,14,20,23-24,26H,1,8-13H2. The maximum Gasteiger partial charge on any atom is 0.182 e. The number of allylic oxidation sites excluding steroid dienone is 3. The molecule has 0 saturated heterocycles. The van der Waals surface area contributed by atoms with Crippen molar-refractivity contribution in [1.29, 1.82) is 0 Å². The molecule has 1 aliphatic carbocycles. The van der Waals surface area contributed by atoms with Crippen molar-refractivity contribution in [2.24, 2.45) is 4.99 Å². The van der Waals surface area contributed by atoms with E-state index in [1.54, 1.807) is 0 Å². The Labute approximate surface area is 153 Å². The minimum atomic E-state index is -0.252. The van der Waals surface area contributed by atoms with E-state index >= 15 is 0 Å². The highest BCUT2D eigenvalue weighted by Gasteiger charge is 2.09. The van der Waals surface area contributed by atoms with E-state index in [4.69, 9.17) is 10.2 Å². The van der Waals surface area contributed by atoms with Crippen molar-refractivity contribution in [1.82, 2.24) is 4.90 Å². The minimum absolute atomic E-state index is 0.0888. The third-order valence-corrected chi connectivity index (χ3v) is 3.88. The molecule has 140 valence electrons. The summed E-state index contributed by atoms with van der Waals surface area (Å²) in [7, 11) is 0. The second kappa shape index (κ2) is 10.5. The van der Waals surface area contributed by atoms with Crippen LogP contribution in [0.15, 0.2) is 53.2 Å². The molecular formula is C19H25N3O4. The second-order valence-electron chi connectivity index (χ2n) is 5.88. The number of anilines is 1. The summed E-state index contributed by atoms with van der Waals surface area (Å²) in [4.78, 5) is 17.5. The molecule has 7 nitrogen and oxygen atoms in total. The van der Waals surface area contributed by atoms with Gasteiger partial charge >= 0.3 is 0 Å². The van der Waals surface area contributed by atoms with Crippen LogP contribution in [0.25, 0.3) is 0 Å². The van der Waals surface area contributed by atoms with Crippen LogP contribution < -0.4 is 5.32 Å². The fourth-order valence-corrected chi connectivity index (χ4v) is 2.54. The maximum atomic E-state index is 11.1. The van der Waals surface area contributed by atoms with Crippen molar-refractivity contribution in [3.8, 4) is 0 Å². The molecule has 1 aromatic rings. The van der Waals surface area contributed by atoms with E-state index in [1.807, 2.05) is 29.2 Å². The first-order valence-electron chi connectivity index (χ1n) is 8.62. The van der Waals surface area contributed by atoms with Gasteiger partial charge in [-0.1, -0.05) is 0 Å². The fraction of sp³-hybridized carbons (Fsp3) is 0.368. The molecule has 0 atom stereocenters. The van der Waals surface area contributed by atoms with Gasteiger partial charge in [0.05, 0.1) is 18.9 Å². The van der Waals surface area contributed by atoms with Gasteiger partial charge in [0.2, 0.25) is 0 Å². The van der Waals surface area contributed by atoms with E-state index in [0.717, 1.165) is 31.3 Å². The van der Waals surface area contributed by atoms with E-state index in [-0.39, 0.29) is 24.8 Å². The number of aliphatic hydroxyl groups excluding tert-OH is 3. The van der Waals surface area contributed by atoms with Crippen molar-refractivity contribution in [2.45, 2.75) is 6.42 Å². The molecule has 4 N–H and O–H groups in total. The Morgan fingerprint density at radius 3 is 2.31 bits per heavy atom. The Morgan fingerprint density at radius 2 is 1.69 bits per heavy atom. The van der Waals surface area contributed by atoms with Crippen LogP contribution in [0.5, 0.6) is 0 Å². The number of carbonyl (C=O) groups excluding carboxylic acids is 1. The number of benzene rings is 1. The van der Waals surface area contributed by atoms with Crippen LogP contribution in [0.3, 0.4) is 0 Å². The molecule has 0 saturated carbocycles. The lowest BCUT2D eigenvalue weighted by Gasteiger charge is -2.20. The molecule has 0 aromatic heterocycles. The molecule has 0 bridgehead atoms. The number of nitrogens with zero attached hydrogens (tertiary/aromatic N) is 2. The SMILES string of the molecule is O=C1C=CC(=Nc2ccc(NCCCN(CCO)CCO)cc2)C(O)=C1. The first-order chi connectivity index (χ1) is 12.6. The number of hydrogen-bond acceptors (Lipinski definition) is 7. The van der Waals surface area contributed by atoms with Gasteiger partial charge in [-0.05, 0) is 49.4 Å². The fourth-order valence-electron chi connectivity index (χ4n) is 2.54. The van der Waals surface area contributed by atoms with Crippen LogP contribution in [0.4, 0.5) is 11.4 Å².